The van der Waals surface area contributed by atoms with E-state index in [2.05, 4.69) is 23.8 Å². The zero-order valence-corrected chi connectivity index (χ0v) is 8.05. The quantitative estimate of drug-likeness (QED) is 0.568. The second-order valence-corrected chi connectivity index (χ2v) is 2.42. The number of amides is 1. The van der Waals surface area contributed by atoms with Gasteiger partial charge in [0, 0.05) is 6.42 Å². The molecule has 0 bridgehead atoms. The molecule has 0 aromatic heterocycles. The predicted octanol–water partition coefficient (Wildman–Crippen LogP) is 0.606. The molecule has 0 rings (SSSR count). The van der Waals surface area contributed by atoms with E-state index in [0.29, 0.717) is 19.8 Å². The molecule has 1 amide bonds. The van der Waals surface area contributed by atoms with E-state index in [-0.39, 0.29) is 5.91 Å². The molecule has 4 heteroatoms. The fourth-order valence-corrected chi connectivity index (χ4v) is 0.805. The van der Waals surface area contributed by atoms with E-state index in [9.17, 15) is 4.79 Å². The maximum Gasteiger partial charge on any atom is 0.225 e. The molecular formula is C9H17N3O. The Balaban J connectivity index is 3.92. The lowest BCUT2D eigenvalue weighted by Crippen LogP contribution is -2.41. The molecule has 0 fully saturated rings. The van der Waals surface area contributed by atoms with Gasteiger partial charge in [-0.3, -0.25) is 4.79 Å². The molecule has 0 aromatic rings. The van der Waals surface area contributed by atoms with Crippen LogP contribution in [0.2, 0.25) is 0 Å². The lowest BCUT2D eigenvalue weighted by Gasteiger charge is -2.21. The zero-order chi connectivity index (χ0) is 10.1. The summed E-state index contributed by atoms with van der Waals surface area (Å²) in [5.74, 6) is 0.0868. The van der Waals surface area contributed by atoms with E-state index in [1.165, 1.54) is 0 Å². The molecule has 0 spiro atoms. The van der Waals surface area contributed by atoms with E-state index >= 15 is 0 Å². The zero-order valence-electron chi connectivity index (χ0n) is 8.05. The molecule has 0 aliphatic carbocycles. The maximum atomic E-state index is 11.3. The molecule has 74 valence electrons. The highest BCUT2D eigenvalue weighted by atomic mass is 16.2. The van der Waals surface area contributed by atoms with Crippen LogP contribution < -0.4 is 10.6 Å². The van der Waals surface area contributed by atoms with E-state index in [1.807, 2.05) is 6.92 Å². The first-order valence-corrected chi connectivity index (χ1v) is 4.22. The summed E-state index contributed by atoms with van der Waals surface area (Å²) in [6, 6.07) is 0. The molecule has 0 saturated carbocycles. The molecule has 2 N–H and O–H groups in total. The molecular weight excluding hydrogens is 166 g/mol. The normalized spacial score (nSPS) is 8.69. The van der Waals surface area contributed by atoms with Gasteiger partial charge in [-0.1, -0.05) is 20.1 Å². The Bertz CT molecular complexity index is 168. The number of hydrogen-bond donors (Lipinski definition) is 2. The van der Waals surface area contributed by atoms with Crippen LogP contribution in [-0.2, 0) is 4.79 Å². The highest BCUT2D eigenvalue weighted by Gasteiger charge is 2.08. The van der Waals surface area contributed by atoms with Gasteiger partial charge in [-0.25, -0.2) is 0 Å². The van der Waals surface area contributed by atoms with Crippen molar-refractivity contribution >= 4 is 5.91 Å². The Labute approximate surface area is 79.3 Å². The van der Waals surface area contributed by atoms with Crippen LogP contribution in [0, 0.1) is 0 Å². The molecule has 0 atom stereocenters. The van der Waals surface area contributed by atoms with Gasteiger partial charge in [0.15, 0.2) is 0 Å². The number of hydrogen-bond acceptors (Lipinski definition) is 3. The first-order chi connectivity index (χ1) is 6.26. The third-order valence-electron chi connectivity index (χ3n) is 1.51. The third-order valence-corrected chi connectivity index (χ3v) is 1.51. The van der Waals surface area contributed by atoms with Crippen molar-refractivity contribution in [3.63, 3.8) is 0 Å². The minimum atomic E-state index is 0.0868. The Morgan fingerprint density at radius 2 is 1.77 bits per heavy atom. The van der Waals surface area contributed by atoms with Crippen molar-refractivity contribution in [3.05, 3.63) is 25.6 Å². The largest absolute Gasteiger partial charge is 0.374 e. The molecule has 0 saturated heterocycles. The smallest absolute Gasteiger partial charge is 0.225 e. The van der Waals surface area contributed by atoms with Crippen LogP contribution in [0.25, 0.3) is 0 Å². The molecule has 0 radical (unpaired) electrons. The summed E-state index contributed by atoms with van der Waals surface area (Å²) < 4.78 is 0. The maximum absolute atomic E-state index is 11.3. The average Bonchev–Trinajstić information content (AvgIpc) is 2.17. The number of carbonyl (C=O) groups is 1. The highest BCUT2D eigenvalue weighted by Crippen LogP contribution is 1.90. The van der Waals surface area contributed by atoms with Crippen LogP contribution >= 0.6 is 0 Å². The van der Waals surface area contributed by atoms with E-state index in [4.69, 9.17) is 0 Å². The van der Waals surface area contributed by atoms with Gasteiger partial charge in [0.25, 0.3) is 0 Å². The van der Waals surface area contributed by atoms with Crippen LogP contribution in [-0.4, -0.2) is 24.1 Å². The van der Waals surface area contributed by atoms with Crippen LogP contribution in [0.5, 0.6) is 0 Å². The predicted molar refractivity (Wildman–Crippen MR) is 53.5 cm³/mol. The summed E-state index contributed by atoms with van der Waals surface area (Å²) in [6.07, 6.45) is 3.62. The fraction of sp³-hybridized carbons (Fsp3) is 0.444. The molecule has 0 aliphatic rings. The van der Waals surface area contributed by atoms with Gasteiger partial charge < -0.3 is 15.5 Å². The second-order valence-electron chi connectivity index (χ2n) is 2.42. The fourth-order valence-electron chi connectivity index (χ4n) is 0.805. The van der Waals surface area contributed by atoms with Gasteiger partial charge in [-0.05, 0) is 12.4 Å². The molecule has 0 unspecified atom stereocenters. The van der Waals surface area contributed by atoms with Crippen molar-refractivity contribution < 1.29 is 4.79 Å². The first kappa shape index (κ1) is 11.6. The summed E-state index contributed by atoms with van der Waals surface area (Å²) in [6.45, 7) is 9.79. The Morgan fingerprint density at radius 3 is 2.08 bits per heavy atom. The molecule has 13 heavy (non-hydrogen) atoms. The third kappa shape index (κ3) is 4.90. The number of nitrogens with zero attached hydrogens (tertiary/aromatic N) is 1. The van der Waals surface area contributed by atoms with Gasteiger partial charge in [-0.2, -0.15) is 0 Å². The highest BCUT2D eigenvalue weighted by molar-refractivity contribution is 5.75. The Hall–Kier alpha value is -1.45. The Kier molecular flexibility index (Phi) is 6.41. The summed E-state index contributed by atoms with van der Waals surface area (Å²) in [4.78, 5) is 12.9. The Morgan fingerprint density at radius 1 is 1.31 bits per heavy atom. The van der Waals surface area contributed by atoms with Crippen molar-refractivity contribution in [2.75, 3.05) is 13.3 Å². The van der Waals surface area contributed by atoms with Crippen LogP contribution in [0.15, 0.2) is 25.6 Å². The second kappa shape index (κ2) is 7.21. The van der Waals surface area contributed by atoms with Gasteiger partial charge >= 0.3 is 0 Å². The van der Waals surface area contributed by atoms with Crippen LogP contribution in [0.1, 0.15) is 13.3 Å². The van der Waals surface area contributed by atoms with Crippen LogP contribution in [0.4, 0.5) is 0 Å². The lowest BCUT2D eigenvalue weighted by atomic mass is 10.4. The minimum Gasteiger partial charge on any atom is -0.374 e. The summed E-state index contributed by atoms with van der Waals surface area (Å²) in [5, 5.41) is 5.73. The van der Waals surface area contributed by atoms with Crippen molar-refractivity contribution in [2.24, 2.45) is 0 Å². The average molecular weight is 183 g/mol. The summed E-state index contributed by atoms with van der Waals surface area (Å²) >= 11 is 0. The van der Waals surface area contributed by atoms with Crippen molar-refractivity contribution in [3.8, 4) is 0 Å². The summed E-state index contributed by atoms with van der Waals surface area (Å²) in [7, 11) is 0. The molecule has 0 aromatic carbocycles. The van der Waals surface area contributed by atoms with Crippen molar-refractivity contribution in [2.45, 2.75) is 13.3 Å². The van der Waals surface area contributed by atoms with Crippen LogP contribution in [0.3, 0.4) is 0 Å². The van der Waals surface area contributed by atoms with Crippen molar-refractivity contribution in [1.82, 2.24) is 15.5 Å². The van der Waals surface area contributed by atoms with E-state index in [0.717, 1.165) is 0 Å². The molecule has 4 nitrogen and oxygen atoms in total. The van der Waals surface area contributed by atoms with Gasteiger partial charge in [0.1, 0.15) is 0 Å². The summed E-state index contributed by atoms with van der Waals surface area (Å²) in [5.41, 5.74) is 0. The number of nitrogens with one attached hydrogen (secondary N) is 2. The topological polar surface area (TPSA) is 44.4 Å². The molecule has 0 heterocycles. The van der Waals surface area contributed by atoms with Gasteiger partial charge in [0.2, 0.25) is 5.91 Å². The van der Waals surface area contributed by atoms with Gasteiger partial charge in [-0.15, -0.1) is 0 Å². The standard InChI is InChI=1S/C9H17N3O/c1-4-9(13)12(7-10-5-2)8-11-6-3/h5-6,10-11H,2-4,7-8H2,1H3. The van der Waals surface area contributed by atoms with E-state index < -0.39 is 0 Å². The SMILES string of the molecule is C=CNCN(CNC=C)C(=O)CC. The van der Waals surface area contributed by atoms with Crippen molar-refractivity contribution in [1.29, 1.82) is 0 Å². The lowest BCUT2D eigenvalue weighted by molar-refractivity contribution is -0.131. The van der Waals surface area contributed by atoms with E-state index in [1.54, 1.807) is 17.3 Å². The molecule has 0 aliphatic heterocycles. The number of rotatable bonds is 7. The van der Waals surface area contributed by atoms with Gasteiger partial charge in [0.05, 0.1) is 13.3 Å². The minimum absolute atomic E-state index is 0.0868. The monoisotopic (exact) mass is 183 g/mol. The number of carbonyl (C=O) groups excluding carboxylic acids is 1. The first-order valence-electron chi connectivity index (χ1n) is 4.22.